The zero-order chi connectivity index (χ0) is 25.6. The van der Waals surface area contributed by atoms with Gasteiger partial charge in [0, 0.05) is 42.5 Å². The van der Waals surface area contributed by atoms with Gasteiger partial charge in [-0.05, 0) is 31.2 Å². The minimum Gasteiger partial charge on any atom is -0.493 e. The SMILES string of the molecule is CCN=C(c1ccc(NC(=O)c2nccc(OC)c2OC(C)=O)cc1)c1cccc(C(F)(F)F)c1. The summed E-state index contributed by atoms with van der Waals surface area (Å²) in [6.45, 7) is 3.33. The summed E-state index contributed by atoms with van der Waals surface area (Å²) in [7, 11) is 1.36. The molecule has 0 saturated heterocycles. The van der Waals surface area contributed by atoms with Crippen LogP contribution in [0.15, 0.2) is 65.8 Å². The van der Waals surface area contributed by atoms with E-state index < -0.39 is 23.6 Å². The number of methoxy groups -OCH3 is 1. The van der Waals surface area contributed by atoms with Crippen LogP contribution in [0.3, 0.4) is 0 Å². The number of carbonyl (C=O) groups is 2. The van der Waals surface area contributed by atoms with E-state index in [9.17, 15) is 22.8 Å². The molecule has 182 valence electrons. The Morgan fingerprint density at radius 3 is 2.37 bits per heavy atom. The molecular weight excluding hydrogens is 463 g/mol. The monoisotopic (exact) mass is 485 g/mol. The summed E-state index contributed by atoms with van der Waals surface area (Å²) in [5, 5.41) is 2.65. The molecule has 1 aromatic heterocycles. The number of nitrogens with zero attached hydrogens (tertiary/aromatic N) is 2. The van der Waals surface area contributed by atoms with Crippen LogP contribution < -0.4 is 14.8 Å². The molecule has 35 heavy (non-hydrogen) atoms. The van der Waals surface area contributed by atoms with Gasteiger partial charge in [-0.3, -0.25) is 14.6 Å². The number of alkyl halides is 3. The Morgan fingerprint density at radius 2 is 1.77 bits per heavy atom. The quantitative estimate of drug-likeness (QED) is 0.370. The Labute approximate surface area is 199 Å². The summed E-state index contributed by atoms with van der Waals surface area (Å²) in [4.78, 5) is 32.6. The average Bonchev–Trinajstić information content (AvgIpc) is 2.82. The van der Waals surface area contributed by atoms with Crippen molar-refractivity contribution in [1.29, 1.82) is 0 Å². The molecule has 0 spiro atoms. The zero-order valence-corrected chi connectivity index (χ0v) is 19.1. The van der Waals surface area contributed by atoms with Crippen LogP contribution in [0.2, 0.25) is 0 Å². The highest BCUT2D eigenvalue weighted by Crippen LogP contribution is 2.31. The summed E-state index contributed by atoms with van der Waals surface area (Å²) in [6.07, 6.45) is -3.13. The summed E-state index contributed by atoms with van der Waals surface area (Å²) >= 11 is 0. The van der Waals surface area contributed by atoms with Gasteiger partial charge < -0.3 is 14.8 Å². The Morgan fingerprint density at radius 1 is 1.06 bits per heavy atom. The van der Waals surface area contributed by atoms with Crippen LogP contribution in [0.5, 0.6) is 11.5 Å². The van der Waals surface area contributed by atoms with Crippen molar-refractivity contribution in [2.45, 2.75) is 20.0 Å². The molecule has 0 bridgehead atoms. The maximum atomic E-state index is 13.2. The number of anilines is 1. The largest absolute Gasteiger partial charge is 0.493 e. The van der Waals surface area contributed by atoms with Crippen LogP contribution in [-0.2, 0) is 11.0 Å². The number of esters is 1. The number of amides is 1. The fraction of sp³-hybridized carbons (Fsp3) is 0.200. The number of halogens is 3. The highest BCUT2D eigenvalue weighted by atomic mass is 19.4. The van der Waals surface area contributed by atoms with Gasteiger partial charge in [-0.1, -0.05) is 24.3 Å². The van der Waals surface area contributed by atoms with Gasteiger partial charge in [0.05, 0.1) is 18.4 Å². The van der Waals surface area contributed by atoms with E-state index in [0.717, 1.165) is 12.1 Å². The van der Waals surface area contributed by atoms with E-state index in [2.05, 4.69) is 15.3 Å². The van der Waals surface area contributed by atoms with Gasteiger partial charge in [-0.25, -0.2) is 4.98 Å². The number of nitrogens with one attached hydrogen (secondary N) is 1. The minimum atomic E-state index is -4.47. The Bertz CT molecular complexity index is 1260. The van der Waals surface area contributed by atoms with Crippen LogP contribution in [0.25, 0.3) is 0 Å². The van der Waals surface area contributed by atoms with E-state index in [4.69, 9.17) is 9.47 Å². The lowest BCUT2D eigenvalue weighted by atomic mass is 9.99. The predicted molar refractivity (Wildman–Crippen MR) is 124 cm³/mol. The normalized spacial score (nSPS) is 11.7. The van der Waals surface area contributed by atoms with Crippen LogP contribution in [-0.4, -0.2) is 36.2 Å². The Hall–Kier alpha value is -4.21. The van der Waals surface area contributed by atoms with E-state index in [1.807, 2.05) is 0 Å². The molecule has 3 aromatic rings. The van der Waals surface area contributed by atoms with Crippen molar-refractivity contribution in [3.63, 3.8) is 0 Å². The first-order chi connectivity index (χ1) is 16.6. The number of pyridine rings is 1. The predicted octanol–water partition coefficient (Wildman–Crippen LogP) is 5.14. The van der Waals surface area contributed by atoms with Gasteiger partial charge in [0.15, 0.2) is 11.4 Å². The van der Waals surface area contributed by atoms with Gasteiger partial charge in [0.2, 0.25) is 5.75 Å². The number of ether oxygens (including phenoxy) is 2. The molecule has 0 radical (unpaired) electrons. The third-order valence-corrected chi connectivity index (χ3v) is 4.74. The second-order valence-electron chi connectivity index (χ2n) is 7.22. The molecule has 0 saturated carbocycles. The van der Waals surface area contributed by atoms with Gasteiger partial charge >= 0.3 is 12.1 Å². The number of aliphatic imine (C=N–C) groups is 1. The lowest BCUT2D eigenvalue weighted by Crippen LogP contribution is -2.17. The maximum absolute atomic E-state index is 13.2. The molecule has 0 aliphatic rings. The first-order valence-electron chi connectivity index (χ1n) is 10.5. The number of hydrogen-bond donors (Lipinski definition) is 1. The highest BCUT2D eigenvalue weighted by Gasteiger charge is 2.30. The molecule has 2 aromatic carbocycles. The van der Waals surface area contributed by atoms with E-state index in [-0.39, 0.29) is 17.2 Å². The van der Waals surface area contributed by atoms with Gasteiger partial charge in [-0.2, -0.15) is 13.2 Å². The molecule has 1 amide bonds. The van der Waals surface area contributed by atoms with Crippen LogP contribution in [0.4, 0.5) is 18.9 Å². The summed E-state index contributed by atoms with van der Waals surface area (Å²) < 4.78 is 49.7. The standard InChI is InChI=1S/C25H22F3N3O4/c1-4-29-21(17-6-5-7-18(14-17)25(26,27)28)16-8-10-19(11-9-16)31-24(33)22-23(35-15(2)32)20(34-3)12-13-30-22/h5-14H,4H2,1-3H3,(H,31,33). The fourth-order valence-corrected chi connectivity index (χ4v) is 3.25. The molecule has 1 heterocycles. The van der Waals surface area contributed by atoms with Crippen LogP contribution in [0.1, 0.15) is 41.0 Å². The molecular formula is C25H22F3N3O4. The molecule has 0 fully saturated rings. The van der Waals surface area contributed by atoms with Crippen molar-refractivity contribution in [2.75, 3.05) is 19.0 Å². The van der Waals surface area contributed by atoms with E-state index in [1.165, 1.54) is 32.4 Å². The van der Waals surface area contributed by atoms with Crippen molar-refractivity contribution in [3.8, 4) is 11.5 Å². The van der Waals surface area contributed by atoms with E-state index in [1.54, 1.807) is 37.3 Å². The third-order valence-electron chi connectivity index (χ3n) is 4.74. The highest BCUT2D eigenvalue weighted by molar-refractivity contribution is 6.13. The number of aromatic nitrogens is 1. The molecule has 0 aliphatic carbocycles. The fourth-order valence-electron chi connectivity index (χ4n) is 3.25. The summed E-state index contributed by atoms with van der Waals surface area (Å²) in [5.41, 5.74) is 0.757. The number of rotatable bonds is 7. The lowest BCUT2D eigenvalue weighted by Gasteiger charge is -2.13. The molecule has 0 atom stereocenters. The Kier molecular flexibility index (Phi) is 7.85. The zero-order valence-electron chi connectivity index (χ0n) is 19.1. The molecule has 0 unspecified atom stereocenters. The van der Waals surface area contributed by atoms with Crippen molar-refractivity contribution in [3.05, 3.63) is 83.2 Å². The van der Waals surface area contributed by atoms with Crippen molar-refractivity contribution < 1.29 is 32.2 Å². The van der Waals surface area contributed by atoms with Crippen LogP contribution in [0, 0.1) is 0 Å². The van der Waals surface area contributed by atoms with Gasteiger partial charge in [-0.15, -0.1) is 0 Å². The molecule has 10 heteroatoms. The molecule has 7 nitrogen and oxygen atoms in total. The number of benzene rings is 2. The number of hydrogen-bond acceptors (Lipinski definition) is 6. The van der Waals surface area contributed by atoms with Crippen molar-refractivity contribution >= 4 is 23.3 Å². The number of carbonyl (C=O) groups excluding carboxylic acids is 2. The van der Waals surface area contributed by atoms with Gasteiger partial charge in [0.1, 0.15) is 0 Å². The lowest BCUT2D eigenvalue weighted by molar-refractivity contribution is -0.137. The summed E-state index contributed by atoms with van der Waals surface area (Å²) in [5.74, 6) is -1.24. The second kappa shape index (κ2) is 10.8. The van der Waals surface area contributed by atoms with Crippen molar-refractivity contribution in [2.24, 2.45) is 4.99 Å². The molecule has 0 aliphatic heterocycles. The first-order valence-corrected chi connectivity index (χ1v) is 10.5. The topological polar surface area (TPSA) is 89.9 Å². The van der Waals surface area contributed by atoms with Crippen molar-refractivity contribution in [1.82, 2.24) is 4.98 Å². The van der Waals surface area contributed by atoms with E-state index in [0.29, 0.717) is 29.1 Å². The van der Waals surface area contributed by atoms with Gasteiger partial charge in [0.25, 0.3) is 5.91 Å². The average molecular weight is 485 g/mol. The maximum Gasteiger partial charge on any atom is 0.416 e. The summed E-state index contributed by atoms with van der Waals surface area (Å²) in [6, 6.07) is 12.8. The minimum absolute atomic E-state index is 0.112. The smallest absolute Gasteiger partial charge is 0.416 e. The second-order valence-corrected chi connectivity index (χ2v) is 7.22. The Balaban J connectivity index is 1.87. The third kappa shape index (κ3) is 6.23. The molecule has 3 rings (SSSR count). The molecule has 1 N–H and O–H groups in total. The van der Waals surface area contributed by atoms with Crippen LogP contribution >= 0.6 is 0 Å². The first kappa shape index (κ1) is 25.4. The van der Waals surface area contributed by atoms with E-state index >= 15 is 0 Å².